The van der Waals surface area contributed by atoms with Crippen LogP contribution in [0.2, 0.25) is 0 Å². The van der Waals surface area contributed by atoms with E-state index in [-0.39, 0.29) is 19.4 Å². The van der Waals surface area contributed by atoms with Crippen LogP contribution in [0.15, 0.2) is 53.4 Å². The number of nitrogens with zero attached hydrogens (tertiary/aromatic N) is 1. The third-order valence-electron chi connectivity index (χ3n) is 6.04. The summed E-state index contributed by atoms with van der Waals surface area (Å²) in [4.78, 5) is 24.3. The van der Waals surface area contributed by atoms with Crippen molar-refractivity contribution in [2.24, 2.45) is 0 Å². The van der Waals surface area contributed by atoms with E-state index < -0.39 is 56.7 Å². The Morgan fingerprint density at radius 3 is 2.39 bits per heavy atom. The first kappa shape index (κ1) is 27.6. The molecule has 2 aromatic carbocycles. The lowest BCUT2D eigenvalue weighted by Gasteiger charge is -2.34. The monoisotopic (exact) mass is 528 g/mol. The van der Waals surface area contributed by atoms with Gasteiger partial charge in [-0.2, -0.15) is 17.5 Å². The molecule has 1 unspecified atom stereocenters. The predicted octanol–water partition coefficient (Wildman–Crippen LogP) is 3.11. The third-order valence-corrected chi connectivity index (χ3v) is 7.94. The van der Waals surface area contributed by atoms with E-state index in [0.29, 0.717) is 30.0 Å². The van der Waals surface area contributed by atoms with Gasteiger partial charge in [-0.1, -0.05) is 36.8 Å². The highest BCUT2D eigenvalue weighted by Crippen LogP contribution is 2.32. The van der Waals surface area contributed by atoms with Gasteiger partial charge in [-0.25, -0.2) is 13.2 Å². The number of aliphatic hydroxyl groups excluding tert-OH is 1. The summed E-state index contributed by atoms with van der Waals surface area (Å²) < 4.78 is 66.7. The number of aliphatic hydroxyl groups is 1. The van der Waals surface area contributed by atoms with E-state index in [2.05, 4.69) is 5.32 Å². The number of rotatable bonds is 8. The number of carbonyl (C=O) groups excluding carboxylic acids is 1. The van der Waals surface area contributed by atoms with Gasteiger partial charge >= 0.3 is 12.1 Å². The van der Waals surface area contributed by atoms with E-state index in [4.69, 9.17) is 0 Å². The number of sulfonamides is 1. The standard InChI is InChI=1S/C24H27F3N2O6S/c1-15(30)17-10-8-16(9-11-17)13-20(23(32)33)28-22(31)21-7-2-3-12-29(21)36(34,35)19-6-4-5-18(14-19)24(25,26)27/h4-6,8-11,14-15,20-21,30H,2-3,7,12-13H2,1H3,(H,28,31)(H,32,33)/t15?,20-,21-/m0/s1. The van der Waals surface area contributed by atoms with Crippen LogP contribution in [0.1, 0.15) is 49.0 Å². The number of carbonyl (C=O) groups is 2. The maximum Gasteiger partial charge on any atom is 0.416 e. The first-order valence-electron chi connectivity index (χ1n) is 11.3. The van der Waals surface area contributed by atoms with Gasteiger partial charge in [0, 0.05) is 13.0 Å². The van der Waals surface area contributed by atoms with Gasteiger partial charge in [0.25, 0.3) is 0 Å². The lowest BCUT2D eigenvalue weighted by Crippen LogP contribution is -2.55. The Morgan fingerprint density at radius 2 is 1.81 bits per heavy atom. The highest BCUT2D eigenvalue weighted by Gasteiger charge is 2.40. The molecule has 0 aromatic heterocycles. The Morgan fingerprint density at radius 1 is 1.14 bits per heavy atom. The van der Waals surface area contributed by atoms with Crippen molar-refractivity contribution in [2.45, 2.75) is 61.9 Å². The molecule has 3 rings (SSSR count). The van der Waals surface area contributed by atoms with Gasteiger partial charge in [0.1, 0.15) is 12.1 Å². The minimum absolute atomic E-state index is 0.0881. The van der Waals surface area contributed by atoms with Crippen molar-refractivity contribution in [3.8, 4) is 0 Å². The fourth-order valence-corrected chi connectivity index (χ4v) is 5.76. The van der Waals surface area contributed by atoms with Gasteiger partial charge in [-0.15, -0.1) is 0 Å². The molecular formula is C24H27F3N2O6S. The fraction of sp³-hybridized carbons (Fsp3) is 0.417. The first-order valence-corrected chi connectivity index (χ1v) is 12.7. The van der Waals surface area contributed by atoms with Crippen LogP contribution < -0.4 is 5.32 Å². The quantitative estimate of drug-likeness (QED) is 0.484. The largest absolute Gasteiger partial charge is 0.480 e. The second-order valence-corrected chi connectivity index (χ2v) is 10.6. The molecule has 1 aliphatic rings. The normalized spacial score (nSPS) is 18.9. The number of amides is 1. The molecule has 0 bridgehead atoms. The lowest BCUT2D eigenvalue weighted by molar-refractivity contribution is -0.142. The molecular weight excluding hydrogens is 501 g/mol. The highest BCUT2D eigenvalue weighted by atomic mass is 32.2. The molecule has 0 radical (unpaired) electrons. The van der Waals surface area contributed by atoms with Crippen molar-refractivity contribution in [1.29, 1.82) is 0 Å². The van der Waals surface area contributed by atoms with Crippen molar-refractivity contribution in [1.82, 2.24) is 9.62 Å². The van der Waals surface area contributed by atoms with Gasteiger partial charge in [0.2, 0.25) is 15.9 Å². The Bertz CT molecular complexity index is 1200. The molecule has 0 aliphatic carbocycles. The van der Waals surface area contributed by atoms with E-state index in [9.17, 15) is 41.4 Å². The first-order chi connectivity index (χ1) is 16.8. The molecule has 36 heavy (non-hydrogen) atoms. The Labute approximate surface area is 206 Å². The molecule has 1 amide bonds. The summed E-state index contributed by atoms with van der Waals surface area (Å²) in [5.74, 6) is -2.16. The zero-order chi connectivity index (χ0) is 26.7. The number of halogens is 3. The maximum absolute atomic E-state index is 13.2. The summed E-state index contributed by atoms with van der Waals surface area (Å²) in [5.41, 5.74) is 0.0747. The van der Waals surface area contributed by atoms with Crippen molar-refractivity contribution < 1.29 is 41.4 Å². The molecule has 1 fully saturated rings. The summed E-state index contributed by atoms with van der Waals surface area (Å²) >= 11 is 0. The second kappa shape index (κ2) is 11.0. The summed E-state index contributed by atoms with van der Waals surface area (Å²) in [6.07, 6.45) is -4.55. The van der Waals surface area contributed by atoms with Crippen LogP contribution in [0.25, 0.3) is 0 Å². The molecule has 1 saturated heterocycles. The van der Waals surface area contributed by atoms with Gasteiger partial charge < -0.3 is 15.5 Å². The van der Waals surface area contributed by atoms with Crippen LogP contribution in [-0.2, 0) is 32.2 Å². The molecule has 1 heterocycles. The van der Waals surface area contributed by atoms with Crippen LogP contribution in [0, 0.1) is 0 Å². The van der Waals surface area contributed by atoms with E-state index >= 15 is 0 Å². The van der Waals surface area contributed by atoms with Crippen molar-refractivity contribution in [3.63, 3.8) is 0 Å². The SMILES string of the molecule is CC(O)c1ccc(C[C@H](NC(=O)[C@@H]2CCCCN2S(=O)(=O)c2cccc(C(F)(F)F)c2)C(=O)O)cc1. The minimum atomic E-state index is -4.74. The molecule has 3 N–H and O–H groups in total. The summed E-state index contributed by atoms with van der Waals surface area (Å²) in [7, 11) is -4.47. The maximum atomic E-state index is 13.2. The van der Waals surface area contributed by atoms with Crippen LogP contribution >= 0.6 is 0 Å². The number of nitrogens with one attached hydrogen (secondary N) is 1. The van der Waals surface area contributed by atoms with Gasteiger partial charge in [-0.3, -0.25) is 4.79 Å². The Kier molecular flexibility index (Phi) is 8.42. The van der Waals surface area contributed by atoms with Crippen molar-refractivity contribution >= 4 is 21.9 Å². The average molecular weight is 529 g/mol. The number of hydrogen-bond donors (Lipinski definition) is 3. The van der Waals surface area contributed by atoms with Crippen LogP contribution in [0.3, 0.4) is 0 Å². The number of carboxylic acid groups (broad SMARTS) is 1. The number of benzene rings is 2. The second-order valence-electron chi connectivity index (χ2n) is 8.67. The third kappa shape index (κ3) is 6.42. The van der Waals surface area contributed by atoms with Gasteiger partial charge in [0.15, 0.2) is 0 Å². The number of carboxylic acids is 1. The minimum Gasteiger partial charge on any atom is -0.480 e. The zero-order valence-corrected chi connectivity index (χ0v) is 20.2. The zero-order valence-electron chi connectivity index (χ0n) is 19.4. The molecule has 0 spiro atoms. The highest BCUT2D eigenvalue weighted by molar-refractivity contribution is 7.89. The van der Waals surface area contributed by atoms with E-state index in [1.54, 1.807) is 31.2 Å². The molecule has 1 aliphatic heterocycles. The number of aliphatic carboxylic acids is 1. The Balaban J connectivity index is 1.81. The van der Waals surface area contributed by atoms with Crippen LogP contribution in [-0.4, -0.2) is 53.4 Å². The molecule has 8 nitrogen and oxygen atoms in total. The summed E-state index contributed by atoms with van der Waals surface area (Å²) in [6, 6.07) is 7.16. The topological polar surface area (TPSA) is 124 Å². The molecule has 0 saturated carbocycles. The number of piperidine rings is 1. The average Bonchev–Trinajstić information content (AvgIpc) is 2.83. The van der Waals surface area contributed by atoms with E-state index in [1.165, 1.54) is 0 Å². The van der Waals surface area contributed by atoms with Crippen molar-refractivity contribution in [2.75, 3.05) is 6.54 Å². The molecule has 12 heteroatoms. The van der Waals surface area contributed by atoms with Crippen LogP contribution in [0.4, 0.5) is 13.2 Å². The number of hydrogen-bond acceptors (Lipinski definition) is 5. The van der Waals surface area contributed by atoms with Gasteiger partial charge in [-0.05, 0) is 49.1 Å². The summed E-state index contributed by atoms with van der Waals surface area (Å²) in [6.45, 7) is 1.49. The van der Waals surface area contributed by atoms with Crippen LogP contribution in [0.5, 0.6) is 0 Å². The molecule has 196 valence electrons. The Hall–Kier alpha value is -2.96. The van der Waals surface area contributed by atoms with E-state index in [0.717, 1.165) is 22.5 Å². The van der Waals surface area contributed by atoms with Gasteiger partial charge in [0.05, 0.1) is 16.6 Å². The fourth-order valence-electron chi connectivity index (χ4n) is 4.06. The smallest absolute Gasteiger partial charge is 0.416 e. The summed E-state index contributed by atoms with van der Waals surface area (Å²) in [5, 5.41) is 21.6. The number of alkyl halides is 3. The van der Waals surface area contributed by atoms with Crippen molar-refractivity contribution in [3.05, 3.63) is 65.2 Å². The predicted molar refractivity (Wildman–Crippen MR) is 123 cm³/mol. The molecule has 3 atom stereocenters. The van der Waals surface area contributed by atoms with E-state index in [1.807, 2.05) is 0 Å². The lowest BCUT2D eigenvalue weighted by atomic mass is 10.0. The molecule has 2 aromatic rings.